The van der Waals surface area contributed by atoms with Crippen LogP contribution in [-0.2, 0) is 68.4 Å². The minimum Gasteiger partial charge on any atom is -0.456 e. The Bertz CT molecular complexity index is 2040. The quantitative estimate of drug-likeness (QED) is 0.0202. The number of amides is 6. The maximum Gasteiger partial charge on any atom is 0.407 e. The lowest BCUT2D eigenvalue weighted by Crippen LogP contribution is -2.57. The van der Waals surface area contributed by atoms with E-state index in [1.165, 1.54) is 39.8 Å². The number of rotatable bonds is 38. The SMILES string of the molecule is C=C(C)C(=O)O[C@H](CC(C)C)C(=O)N[C@@H](C)C(=O)N(C)[C@H](Cc1ccccc1)C(=O)N(C)CC(=O)NC(C(=O)N[C@H](C)C(=O)O[C@H](/C(C)=C/C)[C@@H](C)[C@H](CCCC)OC(=O)NCCOCCOCCOCCO)C(C)CC. The van der Waals surface area contributed by atoms with Crippen molar-refractivity contribution in [2.75, 3.05) is 73.4 Å². The summed E-state index contributed by atoms with van der Waals surface area (Å²) in [4.78, 5) is 111. The second-order valence-electron chi connectivity index (χ2n) is 19.9. The highest BCUT2D eigenvalue weighted by molar-refractivity contribution is 5.96. The molecule has 0 aliphatic heterocycles. The predicted octanol–water partition coefficient (Wildman–Crippen LogP) is 4.43. The first-order valence-corrected chi connectivity index (χ1v) is 26.9. The molecule has 1 aromatic rings. The van der Waals surface area contributed by atoms with Gasteiger partial charge in [0.05, 0.1) is 52.8 Å². The standard InChI is InChI=1S/C56H92N6O15/c1-15-18-24-45(76-56(71)57-25-27-72-29-31-74-32-30-73-28-26-63)40(10)49(39(9)17-3)77-55(70)42(12)59-51(66)48(38(8)16-2)60-47(64)35-61(13)53(68)44(34-43-22-20-19-21-23-43)62(14)52(67)41(11)58-50(65)46(33-36(4)5)75-54(69)37(6)7/h17,19-23,36,38,40-42,44-46,48-49,63H,6,15-16,18,24-35H2,1-5,7-14H3,(H,57,71)(H,58,65)(H,59,66)(H,60,64)/b39-17+/t38?,40-,41-,42+,44+,45-,46+,48?,49+/m0/s1. The Morgan fingerprint density at radius 1 is 0.753 bits per heavy atom. The third kappa shape index (κ3) is 26.3. The molecule has 436 valence electrons. The first kappa shape index (κ1) is 69.1. The monoisotopic (exact) mass is 1090 g/mol. The van der Waals surface area contributed by atoms with Crippen molar-refractivity contribution in [3.05, 3.63) is 59.7 Å². The lowest BCUT2D eigenvalue weighted by Gasteiger charge is -2.33. The van der Waals surface area contributed by atoms with E-state index in [0.717, 1.165) is 23.3 Å². The van der Waals surface area contributed by atoms with E-state index in [2.05, 4.69) is 27.8 Å². The van der Waals surface area contributed by atoms with Gasteiger partial charge in [0.25, 0.3) is 5.91 Å². The van der Waals surface area contributed by atoms with E-state index in [-0.39, 0.29) is 50.7 Å². The van der Waals surface area contributed by atoms with Gasteiger partial charge in [-0.05, 0) is 70.4 Å². The van der Waals surface area contributed by atoms with Gasteiger partial charge in [-0.25, -0.2) is 14.4 Å². The Morgan fingerprint density at radius 3 is 1.91 bits per heavy atom. The zero-order valence-electron chi connectivity index (χ0n) is 48.1. The summed E-state index contributed by atoms with van der Waals surface area (Å²) in [5, 5.41) is 19.5. The number of carbonyl (C=O) groups is 8. The molecule has 21 nitrogen and oxygen atoms in total. The number of ether oxygens (including phenoxy) is 6. The zero-order valence-corrected chi connectivity index (χ0v) is 48.1. The number of benzene rings is 1. The van der Waals surface area contributed by atoms with Gasteiger partial charge in [0.2, 0.25) is 23.6 Å². The number of alkyl carbamates (subject to hydrolysis) is 1. The molecule has 0 bridgehead atoms. The lowest BCUT2D eigenvalue weighted by molar-refractivity contribution is -0.155. The normalized spacial score (nSPS) is 15.0. The molecule has 5 N–H and O–H groups in total. The summed E-state index contributed by atoms with van der Waals surface area (Å²) < 4.78 is 33.4. The number of hydrogen-bond donors (Lipinski definition) is 5. The van der Waals surface area contributed by atoms with Crippen molar-refractivity contribution in [3.63, 3.8) is 0 Å². The van der Waals surface area contributed by atoms with Crippen LogP contribution in [0.3, 0.4) is 0 Å². The fourth-order valence-corrected chi connectivity index (χ4v) is 7.80. The first-order chi connectivity index (χ1) is 36.4. The zero-order chi connectivity index (χ0) is 58.2. The molecule has 9 atom stereocenters. The molecule has 0 aromatic heterocycles. The smallest absolute Gasteiger partial charge is 0.407 e. The van der Waals surface area contributed by atoms with Crippen LogP contribution < -0.4 is 21.3 Å². The summed E-state index contributed by atoms with van der Waals surface area (Å²) in [5.41, 5.74) is 1.53. The highest BCUT2D eigenvalue weighted by Gasteiger charge is 2.37. The third-order valence-corrected chi connectivity index (χ3v) is 12.8. The summed E-state index contributed by atoms with van der Waals surface area (Å²) in [6, 6.07) is 4.36. The van der Waals surface area contributed by atoms with Crippen LogP contribution in [0.2, 0.25) is 0 Å². The molecule has 0 heterocycles. The Morgan fingerprint density at radius 2 is 1.35 bits per heavy atom. The molecule has 0 aliphatic carbocycles. The Balaban J connectivity index is 3.13. The van der Waals surface area contributed by atoms with Crippen molar-refractivity contribution in [1.82, 2.24) is 31.1 Å². The number of unbranched alkanes of at least 4 members (excludes halogenated alkanes) is 1. The van der Waals surface area contributed by atoms with Gasteiger partial charge in [-0.15, -0.1) is 0 Å². The number of aliphatic hydroxyl groups excluding tert-OH is 1. The Hall–Kier alpha value is -5.90. The average Bonchev–Trinajstić information content (AvgIpc) is 3.39. The second kappa shape index (κ2) is 37.8. The van der Waals surface area contributed by atoms with E-state index in [1.807, 2.05) is 34.6 Å². The predicted molar refractivity (Wildman–Crippen MR) is 291 cm³/mol. The minimum atomic E-state index is -1.19. The Kier molecular flexibility index (Phi) is 33.9. The summed E-state index contributed by atoms with van der Waals surface area (Å²) in [6.07, 6.45) is 1.21. The molecule has 0 spiro atoms. The summed E-state index contributed by atoms with van der Waals surface area (Å²) in [7, 11) is 2.83. The van der Waals surface area contributed by atoms with E-state index in [0.29, 0.717) is 44.8 Å². The molecule has 0 saturated carbocycles. The molecule has 1 rings (SSSR count). The molecular formula is C56H92N6O15. The number of esters is 2. The van der Waals surface area contributed by atoms with Crippen LogP contribution in [0.5, 0.6) is 0 Å². The van der Waals surface area contributed by atoms with Gasteiger partial charge in [0.15, 0.2) is 6.10 Å². The molecule has 0 saturated heterocycles. The van der Waals surface area contributed by atoms with Crippen molar-refractivity contribution in [2.45, 2.75) is 157 Å². The second-order valence-corrected chi connectivity index (χ2v) is 19.9. The van der Waals surface area contributed by atoms with Crippen LogP contribution in [0.25, 0.3) is 0 Å². The number of nitrogens with zero attached hydrogens (tertiary/aromatic N) is 2. The van der Waals surface area contributed by atoms with E-state index >= 15 is 0 Å². The number of likely N-dealkylation sites (N-methyl/N-ethyl adjacent to an activating group) is 2. The minimum absolute atomic E-state index is 0.0348. The number of aliphatic hydroxyl groups is 1. The molecule has 77 heavy (non-hydrogen) atoms. The van der Waals surface area contributed by atoms with Crippen molar-refractivity contribution in [2.24, 2.45) is 17.8 Å². The maximum atomic E-state index is 14.3. The van der Waals surface area contributed by atoms with Crippen LogP contribution in [0.4, 0.5) is 4.79 Å². The van der Waals surface area contributed by atoms with Crippen LogP contribution in [-0.4, -0.2) is 178 Å². The summed E-state index contributed by atoms with van der Waals surface area (Å²) in [6.45, 7) is 24.2. The summed E-state index contributed by atoms with van der Waals surface area (Å²) in [5.74, 6) is -5.71. The van der Waals surface area contributed by atoms with Crippen LogP contribution in [0.15, 0.2) is 54.1 Å². The highest BCUT2D eigenvalue weighted by Crippen LogP contribution is 2.26. The molecule has 0 radical (unpaired) electrons. The fourth-order valence-electron chi connectivity index (χ4n) is 7.80. The molecule has 21 heteroatoms. The average molecular weight is 1090 g/mol. The van der Waals surface area contributed by atoms with Crippen molar-refractivity contribution < 1.29 is 71.9 Å². The fraction of sp³-hybridized carbons (Fsp3) is 0.679. The van der Waals surface area contributed by atoms with E-state index in [9.17, 15) is 38.4 Å². The third-order valence-electron chi connectivity index (χ3n) is 12.8. The van der Waals surface area contributed by atoms with Gasteiger partial charge in [-0.2, -0.15) is 0 Å². The molecule has 2 unspecified atom stereocenters. The van der Waals surface area contributed by atoms with E-state index in [1.54, 1.807) is 57.2 Å². The van der Waals surface area contributed by atoms with Crippen LogP contribution in [0, 0.1) is 17.8 Å². The van der Waals surface area contributed by atoms with Crippen molar-refractivity contribution >= 4 is 47.6 Å². The number of nitrogens with one attached hydrogen (secondary N) is 4. The largest absolute Gasteiger partial charge is 0.456 e. The van der Waals surface area contributed by atoms with E-state index < -0.39 is 108 Å². The van der Waals surface area contributed by atoms with Crippen molar-refractivity contribution in [1.29, 1.82) is 0 Å². The molecule has 6 amide bonds. The maximum absolute atomic E-state index is 14.3. The molecule has 0 aliphatic rings. The van der Waals surface area contributed by atoms with Gasteiger partial charge in [0.1, 0.15) is 36.4 Å². The van der Waals surface area contributed by atoms with Crippen molar-refractivity contribution in [3.8, 4) is 0 Å². The number of carbonyl (C=O) groups excluding carboxylic acids is 8. The number of hydrogen-bond acceptors (Lipinski definition) is 15. The van der Waals surface area contributed by atoms with Gasteiger partial charge in [0, 0.05) is 38.6 Å². The van der Waals surface area contributed by atoms with Crippen LogP contribution in [0.1, 0.15) is 114 Å². The topological polar surface area (TPSA) is 267 Å². The highest BCUT2D eigenvalue weighted by atomic mass is 16.6. The first-order valence-electron chi connectivity index (χ1n) is 26.9. The molecular weight excluding hydrogens is 997 g/mol. The van der Waals surface area contributed by atoms with Crippen LogP contribution >= 0.6 is 0 Å². The molecule has 1 aromatic carbocycles. The Labute approximate surface area is 457 Å². The van der Waals surface area contributed by atoms with Gasteiger partial charge >= 0.3 is 18.0 Å². The van der Waals surface area contributed by atoms with Gasteiger partial charge in [-0.1, -0.05) is 104 Å². The number of allylic oxidation sites excluding steroid dienone is 1. The van der Waals surface area contributed by atoms with E-state index in [4.69, 9.17) is 33.5 Å². The van der Waals surface area contributed by atoms with Gasteiger partial charge < -0.3 is 64.6 Å². The lowest BCUT2D eigenvalue weighted by atomic mass is 9.89. The van der Waals surface area contributed by atoms with Gasteiger partial charge in [-0.3, -0.25) is 24.0 Å². The summed E-state index contributed by atoms with van der Waals surface area (Å²) >= 11 is 0. The molecule has 0 fully saturated rings.